The van der Waals surface area contributed by atoms with E-state index in [2.05, 4.69) is 19.8 Å². The van der Waals surface area contributed by atoms with Crippen molar-refractivity contribution in [2.75, 3.05) is 13.1 Å². The van der Waals surface area contributed by atoms with E-state index in [1.54, 1.807) is 4.90 Å². The van der Waals surface area contributed by atoms with Crippen molar-refractivity contribution in [1.29, 1.82) is 0 Å². The van der Waals surface area contributed by atoms with Crippen molar-refractivity contribution in [3.63, 3.8) is 0 Å². The molecule has 4 rings (SSSR count). The smallest absolute Gasteiger partial charge is 0.416 e. The Morgan fingerprint density at radius 2 is 2.00 bits per heavy atom. The van der Waals surface area contributed by atoms with Crippen molar-refractivity contribution in [3.8, 4) is 11.5 Å². The molecule has 0 N–H and O–H groups in total. The summed E-state index contributed by atoms with van der Waals surface area (Å²) >= 11 is 1.11. The van der Waals surface area contributed by atoms with Crippen LogP contribution in [0.2, 0.25) is 0 Å². The van der Waals surface area contributed by atoms with Crippen LogP contribution in [-0.4, -0.2) is 43.7 Å². The largest absolute Gasteiger partial charge is 0.420 e. The molecule has 0 radical (unpaired) electrons. The summed E-state index contributed by atoms with van der Waals surface area (Å²) < 4.78 is 47.9. The molecule has 11 heteroatoms. The number of amides is 1. The lowest BCUT2D eigenvalue weighted by Gasteiger charge is -2.30. The quantitative estimate of drug-likeness (QED) is 0.565. The van der Waals surface area contributed by atoms with Gasteiger partial charge in [0.15, 0.2) is 0 Å². The number of hydrogen-bond donors (Lipinski definition) is 0. The minimum atomic E-state index is -4.40. The highest BCUT2D eigenvalue weighted by Crippen LogP contribution is 2.32. The number of halogens is 3. The number of piperidine rings is 1. The van der Waals surface area contributed by atoms with Crippen LogP contribution in [0, 0.1) is 0 Å². The summed E-state index contributed by atoms with van der Waals surface area (Å²) in [6.07, 6.45) is -1.26. The minimum absolute atomic E-state index is 0.0920. The van der Waals surface area contributed by atoms with Gasteiger partial charge >= 0.3 is 6.18 Å². The number of carbonyl (C=O) groups excluding carboxylic acids is 1. The van der Waals surface area contributed by atoms with Crippen LogP contribution in [0.4, 0.5) is 13.2 Å². The highest BCUT2D eigenvalue weighted by atomic mass is 32.1. The van der Waals surface area contributed by atoms with Gasteiger partial charge in [-0.15, -0.1) is 15.3 Å². The monoisotopic (exact) mass is 451 g/mol. The molecule has 7 nitrogen and oxygen atoms in total. The molecule has 0 saturated carbocycles. The van der Waals surface area contributed by atoms with E-state index in [0.717, 1.165) is 48.6 Å². The van der Waals surface area contributed by atoms with Crippen molar-refractivity contribution >= 4 is 17.4 Å². The molecule has 1 fully saturated rings. The lowest BCUT2D eigenvalue weighted by Crippen LogP contribution is -2.39. The van der Waals surface area contributed by atoms with E-state index in [9.17, 15) is 18.0 Å². The van der Waals surface area contributed by atoms with Gasteiger partial charge in [0.25, 0.3) is 5.91 Å². The number of benzene rings is 1. The van der Waals surface area contributed by atoms with Crippen LogP contribution >= 0.6 is 11.5 Å². The van der Waals surface area contributed by atoms with E-state index in [1.165, 1.54) is 12.1 Å². The predicted molar refractivity (Wildman–Crippen MR) is 107 cm³/mol. The second kappa shape index (κ2) is 8.74. The van der Waals surface area contributed by atoms with Crippen molar-refractivity contribution in [2.45, 2.75) is 44.7 Å². The maximum Gasteiger partial charge on any atom is 0.416 e. The molecule has 0 bridgehead atoms. The summed E-state index contributed by atoms with van der Waals surface area (Å²) in [5.74, 6) is 0.308. The molecule has 1 aliphatic rings. The molecule has 3 aromatic rings. The van der Waals surface area contributed by atoms with Gasteiger partial charge < -0.3 is 9.32 Å². The summed E-state index contributed by atoms with van der Waals surface area (Å²) in [4.78, 5) is 15.3. The third kappa shape index (κ3) is 4.60. The van der Waals surface area contributed by atoms with Crippen LogP contribution in [-0.2, 0) is 12.6 Å². The molecule has 164 valence electrons. The van der Waals surface area contributed by atoms with Gasteiger partial charge in [0.05, 0.1) is 17.2 Å². The van der Waals surface area contributed by atoms with Crippen LogP contribution < -0.4 is 0 Å². The SMILES string of the molecule is CCCc1nnsc1C(=O)N1CCCC(c2nnc(-c3ccc(C(F)(F)F)cc3)o2)C1. The first-order valence-electron chi connectivity index (χ1n) is 9.98. The number of hydrogen-bond acceptors (Lipinski definition) is 7. The lowest BCUT2D eigenvalue weighted by molar-refractivity contribution is -0.137. The Morgan fingerprint density at radius 3 is 2.71 bits per heavy atom. The number of likely N-dealkylation sites (tertiary alicyclic amines) is 1. The van der Waals surface area contributed by atoms with Crippen molar-refractivity contribution in [3.05, 3.63) is 46.3 Å². The number of aromatic nitrogens is 4. The van der Waals surface area contributed by atoms with Gasteiger partial charge in [-0.25, -0.2) is 0 Å². The predicted octanol–water partition coefficient (Wildman–Crippen LogP) is 4.58. The first-order chi connectivity index (χ1) is 14.9. The summed E-state index contributed by atoms with van der Waals surface area (Å²) in [5.41, 5.74) is 0.398. The Morgan fingerprint density at radius 1 is 1.23 bits per heavy atom. The second-order valence-electron chi connectivity index (χ2n) is 7.41. The summed E-state index contributed by atoms with van der Waals surface area (Å²) in [5, 5.41) is 12.2. The van der Waals surface area contributed by atoms with E-state index >= 15 is 0 Å². The first kappa shape index (κ1) is 21.4. The fourth-order valence-corrected chi connectivity index (χ4v) is 4.27. The molecule has 1 unspecified atom stereocenters. The average molecular weight is 451 g/mol. The number of alkyl halides is 3. The highest BCUT2D eigenvalue weighted by molar-refractivity contribution is 7.08. The second-order valence-corrected chi connectivity index (χ2v) is 8.16. The van der Waals surface area contributed by atoms with E-state index in [1.807, 2.05) is 6.92 Å². The van der Waals surface area contributed by atoms with Crippen molar-refractivity contribution in [1.82, 2.24) is 24.7 Å². The molecule has 1 saturated heterocycles. The average Bonchev–Trinajstić information content (AvgIpc) is 3.43. The standard InChI is InChI=1S/C20H20F3N5O2S/c1-2-4-15-16(31-27-24-15)19(29)28-10-3-5-13(11-28)18-26-25-17(30-18)12-6-8-14(9-7-12)20(21,22)23/h6-9,13H,2-5,10-11H2,1H3. The summed E-state index contributed by atoms with van der Waals surface area (Å²) in [7, 11) is 0. The number of carbonyl (C=O) groups is 1. The molecule has 31 heavy (non-hydrogen) atoms. The maximum atomic E-state index is 13.0. The molecule has 1 atom stereocenters. The molecule has 3 heterocycles. The van der Waals surface area contributed by atoms with E-state index < -0.39 is 11.7 Å². The van der Waals surface area contributed by atoms with Crippen LogP contribution in [0.5, 0.6) is 0 Å². The zero-order valence-electron chi connectivity index (χ0n) is 16.7. The number of aryl methyl sites for hydroxylation is 1. The Hall–Kier alpha value is -2.82. The molecule has 1 aromatic carbocycles. The van der Waals surface area contributed by atoms with E-state index in [0.29, 0.717) is 35.8 Å². The number of nitrogens with zero attached hydrogens (tertiary/aromatic N) is 5. The van der Waals surface area contributed by atoms with Gasteiger partial charge in [-0.1, -0.05) is 17.8 Å². The fraction of sp³-hybridized carbons (Fsp3) is 0.450. The summed E-state index contributed by atoms with van der Waals surface area (Å²) in [6, 6.07) is 4.58. The Balaban J connectivity index is 1.47. The van der Waals surface area contributed by atoms with Gasteiger partial charge in [0, 0.05) is 18.7 Å². The molecule has 2 aromatic heterocycles. The lowest BCUT2D eigenvalue weighted by atomic mass is 9.97. The normalized spacial score (nSPS) is 17.2. The Bertz CT molecular complexity index is 1050. The van der Waals surface area contributed by atoms with E-state index in [4.69, 9.17) is 4.42 Å². The highest BCUT2D eigenvalue weighted by Gasteiger charge is 2.32. The molecule has 0 spiro atoms. The topological polar surface area (TPSA) is 85.0 Å². The zero-order chi connectivity index (χ0) is 22.0. The molecular formula is C20H20F3N5O2S. The van der Waals surface area contributed by atoms with Crippen LogP contribution in [0.1, 0.15) is 58.9 Å². The molecule has 0 aliphatic carbocycles. The van der Waals surface area contributed by atoms with Crippen LogP contribution in [0.25, 0.3) is 11.5 Å². The Kier molecular flexibility index (Phi) is 6.03. The zero-order valence-corrected chi connectivity index (χ0v) is 17.5. The van der Waals surface area contributed by atoms with Gasteiger partial charge in [-0.2, -0.15) is 13.2 Å². The third-order valence-electron chi connectivity index (χ3n) is 5.19. The molecule has 1 amide bonds. The van der Waals surface area contributed by atoms with Crippen LogP contribution in [0.3, 0.4) is 0 Å². The van der Waals surface area contributed by atoms with Crippen molar-refractivity contribution in [2.24, 2.45) is 0 Å². The molecule has 1 aliphatic heterocycles. The van der Waals surface area contributed by atoms with E-state index in [-0.39, 0.29) is 17.7 Å². The van der Waals surface area contributed by atoms with Gasteiger partial charge in [-0.3, -0.25) is 4.79 Å². The number of rotatable bonds is 5. The van der Waals surface area contributed by atoms with Gasteiger partial charge in [-0.05, 0) is 55.1 Å². The van der Waals surface area contributed by atoms with Gasteiger partial charge in [0.2, 0.25) is 11.8 Å². The maximum absolute atomic E-state index is 13.0. The van der Waals surface area contributed by atoms with Gasteiger partial charge in [0.1, 0.15) is 4.88 Å². The first-order valence-corrected chi connectivity index (χ1v) is 10.8. The molecular weight excluding hydrogens is 431 g/mol. The van der Waals surface area contributed by atoms with Crippen molar-refractivity contribution < 1.29 is 22.4 Å². The minimum Gasteiger partial charge on any atom is -0.420 e. The van der Waals surface area contributed by atoms with Crippen LogP contribution in [0.15, 0.2) is 28.7 Å². The summed E-state index contributed by atoms with van der Waals surface area (Å²) in [6.45, 7) is 3.07. The fourth-order valence-electron chi connectivity index (χ4n) is 3.60. The Labute approximate surface area is 180 Å². The third-order valence-corrected chi connectivity index (χ3v) is 5.95.